The van der Waals surface area contributed by atoms with Gasteiger partial charge in [-0.1, -0.05) is 67.4 Å². The third kappa shape index (κ3) is 7.68. The number of carbonyl (C=O) groups excluding carboxylic acids is 2. The van der Waals surface area contributed by atoms with Crippen LogP contribution in [0.15, 0.2) is 77.7 Å². The lowest BCUT2D eigenvalue weighted by atomic mass is 10.1. The normalized spacial score (nSPS) is 11.9. The average Bonchev–Trinajstić information content (AvgIpc) is 2.96. The maximum Gasteiger partial charge on any atom is 0.264 e. The van der Waals surface area contributed by atoms with E-state index in [0.717, 1.165) is 10.7 Å². The number of anilines is 1. The minimum atomic E-state index is -4.17. The van der Waals surface area contributed by atoms with Crippen LogP contribution in [0.3, 0.4) is 0 Å². The van der Waals surface area contributed by atoms with E-state index in [2.05, 4.69) is 5.32 Å². The molecule has 3 rings (SSSR count). The minimum absolute atomic E-state index is 0.0190. The molecule has 0 saturated heterocycles. The van der Waals surface area contributed by atoms with E-state index >= 15 is 0 Å². The second-order valence-electron chi connectivity index (χ2n) is 9.01. The molecule has 0 spiro atoms. The number of hydrogen-bond donors (Lipinski definition) is 1. The molecule has 40 heavy (non-hydrogen) atoms. The molecule has 8 nitrogen and oxygen atoms in total. The highest BCUT2D eigenvalue weighted by Crippen LogP contribution is 2.28. The van der Waals surface area contributed by atoms with Crippen molar-refractivity contribution in [3.63, 3.8) is 0 Å². The topological polar surface area (TPSA) is 96.0 Å². The van der Waals surface area contributed by atoms with Gasteiger partial charge in [-0.05, 0) is 54.8 Å². The van der Waals surface area contributed by atoms with Crippen LogP contribution in [-0.4, -0.2) is 51.4 Å². The van der Waals surface area contributed by atoms with E-state index in [1.165, 1.54) is 24.1 Å². The van der Waals surface area contributed by atoms with Crippen LogP contribution in [-0.2, 0) is 26.2 Å². The first-order valence-corrected chi connectivity index (χ1v) is 15.0. The van der Waals surface area contributed by atoms with E-state index in [1.54, 1.807) is 67.6 Å². The largest absolute Gasteiger partial charge is 0.497 e. The van der Waals surface area contributed by atoms with Crippen molar-refractivity contribution in [2.75, 3.05) is 24.5 Å². The Morgan fingerprint density at radius 3 is 2.30 bits per heavy atom. The summed E-state index contributed by atoms with van der Waals surface area (Å²) in [5, 5.41) is 3.51. The van der Waals surface area contributed by atoms with Crippen LogP contribution in [0.4, 0.5) is 5.69 Å². The zero-order chi connectivity index (χ0) is 29.3. The lowest BCUT2D eigenvalue weighted by molar-refractivity contribution is -0.140. The lowest BCUT2D eigenvalue weighted by Gasteiger charge is -2.33. The number of sulfonamides is 1. The second kappa shape index (κ2) is 14.4. The van der Waals surface area contributed by atoms with Gasteiger partial charge in [-0.3, -0.25) is 13.9 Å². The van der Waals surface area contributed by atoms with Crippen molar-refractivity contribution in [2.45, 2.75) is 44.2 Å². The lowest BCUT2D eigenvalue weighted by Crippen LogP contribution is -2.52. The maximum absolute atomic E-state index is 14.0. The van der Waals surface area contributed by atoms with Crippen molar-refractivity contribution in [1.29, 1.82) is 0 Å². The zero-order valence-corrected chi connectivity index (χ0v) is 25.0. The molecule has 11 heteroatoms. The Morgan fingerprint density at radius 2 is 1.68 bits per heavy atom. The summed E-state index contributed by atoms with van der Waals surface area (Å²) in [5.74, 6) is -0.459. The first-order chi connectivity index (χ1) is 19.1. The highest BCUT2D eigenvalue weighted by molar-refractivity contribution is 7.92. The SMILES string of the molecule is CCCNC(=O)[C@H](CC)N(Cc1ccc(Cl)c(Cl)c1)C(=O)CN(c1cccc(OC)c1)S(=O)(=O)c1ccccc1. The van der Waals surface area contributed by atoms with E-state index in [0.29, 0.717) is 34.3 Å². The van der Waals surface area contributed by atoms with Crippen LogP contribution < -0.4 is 14.4 Å². The Hall–Kier alpha value is -3.27. The van der Waals surface area contributed by atoms with Gasteiger partial charge in [-0.25, -0.2) is 8.42 Å². The fourth-order valence-corrected chi connectivity index (χ4v) is 5.88. The molecule has 0 saturated carbocycles. The van der Waals surface area contributed by atoms with Gasteiger partial charge < -0.3 is 15.0 Å². The molecule has 3 aromatic rings. The third-order valence-corrected chi connectivity index (χ3v) is 8.75. The standard InChI is InChI=1S/C29H33Cl2N3O5S/c1-4-16-32-29(36)27(5-2)33(19-21-14-15-25(30)26(31)17-21)28(35)20-34(22-10-9-11-23(18-22)39-3)40(37,38)24-12-7-6-8-13-24/h6-15,17-18,27H,4-5,16,19-20H2,1-3H3,(H,32,36)/t27-/m0/s1. The molecular formula is C29H33Cl2N3O5S. The molecule has 214 valence electrons. The molecule has 1 N–H and O–H groups in total. The molecule has 0 aliphatic heterocycles. The molecule has 0 radical (unpaired) electrons. The van der Waals surface area contributed by atoms with Gasteiger partial charge in [-0.2, -0.15) is 0 Å². The Morgan fingerprint density at radius 1 is 0.950 bits per heavy atom. The number of hydrogen-bond acceptors (Lipinski definition) is 5. The number of carbonyl (C=O) groups is 2. The van der Waals surface area contributed by atoms with Gasteiger partial charge in [0.05, 0.1) is 27.7 Å². The molecule has 0 aromatic heterocycles. The molecule has 2 amide bonds. The van der Waals surface area contributed by atoms with E-state index in [1.807, 2.05) is 6.92 Å². The van der Waals surface area contributed by atoms with Crippen molar-refractivity contribution in [2.24, 2.45) is 0 Å². The molecule has 0 aliphatic carbocycles. The van der Waals surface area contributed by atoms with Gasteiger partial charge in [0.25, 0.3) is 10.0 Å². The molecular weight excluding hydrogens is 573 g/mol. The van der Waals surface area contributed by atoms with Crippen LogP contribution in [0.5, 0.6) is 5.75 Å². The van der Waals surface area contributed by atoms with Crippen molar-refractivity contribution < 1.29 is 22.7 Å². The molecule has 0 heterocycles. The smallest absolute Gasteiger partial charge is 0.264 e. The summed E-state index contributed by atoms with van der Waals surface area (Å²) < 4.78 is 34.0. The second-order valence-corrected chi connectivity index (χ2v) is 11.7. The fourth-order valence-electron chi connectivity index (χ4n) is 4.13. The van der Waals surface area contributed by atoms with E-state index < -0.39 is 28.5 Å². The third-order valence-electron chi connectivity index (χ3n) is 6.22. The summed E-state index contributed by atoms with van der Waals surface area (Å²) >= 11 is 12.3. The zero-order valence-electron chi connectivity index (χ0n) is 22.6. The molecule has 0 unspecified atom stereocenters. The molecule has 0 aliphatic rings. The van der Waals surface area contributed by atoms with Crippen LogP contribution in [0, 0.1) is 0 Å². The van der Waals surface area contributed by atoms with Gasteiger partial charge >= 0.3 is 0 Å². The highest BCUT2D eigenvalue weighted by atomic mass is 35.5. The number of ether oxygens (including phenoxy) is 1. The van der Waals surface area contributed by atoms with E-state index in [9.17, 15) is 18.0 Å². The monoisotopic (exact) mass is 605 g/mol. The fraction of sp³-hybridized carbons (Fsp3) is 0.310. The Balaban J connectivity index is 2.07. The number of halogens is 2. The number of amides is 2. The summed E-state index contributed by atoms with van der Waals surface area (Å²) in [4.78, 5) is 28.6. The summed E-state index contributed by atoms with van der Waals surface area (Å²) in [5.41, 5.74) is 0.887. The number of rotatable bonds is 13. The van der Waals surface area contributed by atoms with Gasteiger partial charge in [-0.15, -0.1) is 0 Å². The Kier molecular flexibility index (Phi) is 11.2. The van der Waals surface area contributed by atoms with Gasteiger partial charge in [0.15, 0.2) is 0 Å². The van der Waals surface area contributed by atoms with Crippen LogP contribution >= 0.6 is 23.2 Å². The molecule has 3 aromatic carbocycles. The van der Waals surface area contributed by atoms with Gasteiger partial charge in [0.1, 0.15) is 18.3 Å². The van der Waals surface area contributed by atoms with Gasteiger partial charge in [0.2, 0.25) is 11.8 Å². The average molecular weight is 607 g/mol. The molecule has 1 atom stereocenters. The van der Waals surface area contributed by atoms with Crippen LogP contribution in [0.25, 0.3) is 0 Å². The summed E-state index contributed by atoms with van der Waals surface area (Å²) in [6.45, 7) is 3.64. The first-order valence-electron chi connectivity index (χ1n) is 12.8. The molecule has 0 bridgehead atoms. The summed E-state index contributed by atoms with van der Waals surface area (Å²) in [6.07, 6.45) is 1.04. The summed E-state index contributed by atoms with van der Waals surface area (Å²) in [6, 6.07) is 18.4. The predicted octanol–water partition coefficient (Wildman–Crippen LogP) is 5.53. The number of nitrogens with one attached hydrogen (secondary N) is 1. The van der Waals surface area contributed by atoms with Crippen molar-refractivity contribution >= 4 is 50.7 Å². The number of benzene rings is 3. The predicted molar refractivity (Wildman–Crippen MR) is 158 cm³/mol. The highest BCUT2D eigenvalue weighted by Gasteiger charge is 2.33. The van der Waals surface area contributed by atoms with Gasteiger partial charge in [0, 0.05) is 19.2 Å². The van der Waals surface area contributed by atoms with E-state index in [4.69, 9.17) is 27.9 Å². The van der Waals surface area contributed by atoms with Crippen molar-refractivity contribution in [1.82, 2.24) is 10.2 Å². The van der Waals surface area contributed by atoms with E-state index in [-0.39, 0.29) is 23.0 Å². The minimum Gasteiger partial charge on any atom is -0.497 e. The molecule has 0 fully saturated rings. The maximum atomic E-state index is 14.0. The number of nitrogens with zero attached hydrogens (tertiary/aromatic N) is 2. The quantitative estimate of drug-likeness (QED) is 0.276. The first kappa shape index (κ1) is 31.3. The Labute approximate surface area is 245 Å². The van der Waals surface area contributed by atoms with Crippen LogP contribution in [0.1, 0.15) is 32.3 Å². The summed E-state index contributed by atoms with van der Waals surface area (Å²) in [7, 11) is -2.70. The Bertz CT molecular complexity index is 1420. The number of methoxy groups -OCH3 is 1. The van der Waals surface area contributed by atoms with Crippen molar-refractivity contribution in [3.05, 3.63) is 88.4 Å². The van der Waals surface area contributed by atoms with Crippen LogP contribution in [0.2, 0.25) is 10.0 Å². The van der Waals surface area contributed by atoms with Crippen molar-refractivity contribution in [3.8, 4) is 5.75 Å².